The number of hydrogen-bond donors (Lipinski definition) is 1. The Morgan fingerprint density at radius 1 is 1.20 bits per heavy atom. The van der Waals surface area contributed by atoms with Crippen molar-refractivity contribution < 1.29 is 4.79 Å². The molecule has 0 unspecified atom stereocenters. The Morgan fingerprint density at radius 3 is 2.80 bits per heavy atom. The van der Waals surface area contributed by atoms with Gasteiger partial charge < -0.3 is 9.88 Å². The highest BCUT2D eigenvalue weighted by molar-refractivity contribution is 14.1. The molecule has 0 bridgehead atoms. The molecule has 1 saturated heterocycles. The quantitative estimate of drug-likeness (QED) is 0.609. The highest BCUT2D eigenvalue weighted by Gasteiger charge is 2.19. The summed E-state index contributed by atoms with van der Waals surface area (Å²) in [7, 11) is 0. The van der Waals surface area contributed by atoms with Crippen molar-refractivity contribution in [1.29, 1.82) is 0 Å². The molecule has 128 valence electrons. The molecule has 0 aliphatic carbocycles. The van der Waals surface area contributed by atoms with Gasteiger partial charge in [0.2, 0.25) is 0 Å². The lowest BCUT2D eigenvalue weighted by Crippen LogP contribution is -2.35. The molecule has 1 aliphatic rings. The smallest absolute Gasteiger partial charge is 0.255 e. The topological polar surface area (TPSA) is 49.0 Å². The van der Waals surface area contributed by atoms with Gasteiger partial charge in [0.15, 0.2) is 0 Å². The predicted octanol–water partition coefficient (Wildman–Crippen LogP) is 4.38. The molecule has 0 spiro atoms. The van der Waals surface area contributed by atoms with Gasteiger partial charge in [-0.2, -0.15) is 0 Å². The molecule has 1 aliphatic heterocycles. The molecule has 3 heterocycles. The molecular weight excluding hydrogens is 425 g/mol. The molecule has 0 saturated carbocycles. The number of rotatable bonds is 3. The van der Waals surface area contributed by atoms with Crippen LogP contribution in [0.4, 0.5) is 0 Å². The summed E-state index contributed by atoms with van der Waals surface area (Å²) < 4.78 is 1.05. The molecule has 1 amide bonds. The first-order valence-corrected chi connectivity index (χ1v) is 9.79. The Balaban J connectivity index is 1.56. The Labute approximate surface area is 160 Å². The Bertz CT molecular complexity index is 912. The molecule has 5 heteroatoms. The number of nitrogens with zero attached hydrogens (tertiary/aromatic N) is 2. The molecule has 0 atom stereocenters. The van der Waals surface area contributed by atoms with Gasteiger partial charge in [0, 0.05) is 46.4 Å². The fourth-order valence-corrected chi connectivity index (χ4v) is 4.12. The van der Waals surface area contributed by atoms with Gasteiger partial charge in [-0.1, -0.05) is 18.2 Å². The molecule has 0 radical (unpaired) electrons. The maximum Gasteiger partial charge on any atom is 0.255 e. The second-order valence-corrected chi connectivity index (χ2v) is 7.70. The van der Waals surface area contributed by atoms with Crippen LogP contribution < -0.4 is 0 Å². The van der Waals surface area contributed by atoms with Crippen LogP contribution in [-0.2, 0) is 6.42 Å². The van der Waals surface area contributed by atoms with Gasteiger partial charge in [0.1, 0.15) is 0 Å². The lowest BCUT2D eigenvalue weighted by molar-refractivity contribution is 0.0724. The van der Waals surface area contributed by atoms with E-state index in [1.165, 1.54) is 17.4 Å². The maximum atomic E-state index is 12.6. The van der Waals surface area contributed by atoms with Crippen LogP contribution in [-0.4, -0.2) is 33.9 Å². The average molecular weight is 445 g/mol. The summed E-state index contributed by atoms with van der Waals surface area (Å²) in [5.41, 5.74) is 4.09. The SMILES string of the molecule is O=C(c1cnc(Cc2c[nH]c3ccccc23)c(I)c1)N1CCCCC1. The Morgan fingerprint density at radius 2 is 2.00 bits per heavy atom. The van der Waals surface area contributed by atoms with Crippen molar-refractivity contribution >= 4 is 39.4 Å². The van der Waals surface area contributed by atoms with E-state index >= 15 is 0 Å². The molecule has 4 rings (SSSR count). The second-order valence-electron chi connectivity index (χ2n) is 6.54. The fraction of sp³-hybridized carbons (Fsp3) is 0.300. The van der Waals surface area contributed by atoms with Crippen LogP contribution in [0.3, 0.4) is 0 Å². The van der Waals surface area contributed by atoms with Crippen LogP contribution in [0.1, 0.15) is 40.9 Å². The molecule has 25 heavy (non-hydrogen) atoms. The number of carbonyl (C=O) groups is 1. The predicted molar refractivity (Wildman–Crippen MR) is 108 cm³/mol. The second kappa shape index (κ2) is 7.15. The summed E-state index contributed by atoms with van der Waals surface area (Å²) in [6.45, 7) is 1.74. The van der Waals surface area contributed by atoms with E-state index in [1.54, 1.807) is 6.20 Å². The first-order chi connectivity index (χ1) is 12.2. The van der Waals surface area contributed by atoms with Crippen LogP contribution in [0.5, 0.6) is 0 Å². The minimum Gasteiger partial charge on any atom is -0.361 e. The zero-order chi connectivity index (χ0) is 17.2. The monoisotopic (exact) mass is 445 g/mol. The number of pyridine rings is 1. The van der Waals surface area contributed by atoms with Crippen LogP contribution >= 0.6 is 22.6 Å². The Hall–Kier alpha value is -1.89. The third kappa shape index (κ3) is 3.42. The van der Waals surface area contributed by atoms with Gasteiger partial charge in [-0.05, 0) is 59.5 Å². The summed E-state index contributed by atoms with van der Waals surface area (Å²) in [6.07, 6.45) is 7.99. The number of amides is 1. The van der Waals surface area contributed by atoms with Gasteiger partial charge in [-0.15, -0.1) is 0 Å². The molecule has 1 aromatic carbocycles. The molecule has 1 N–H and O–H groups in total. The van der Waals surface area contributed by atoms with Crippen LogP contribution in [0.2, 0.25) is 0 Å². The number of likely N-dealkylation sites (tertiary alicyclic amines) is 1. The van der Waals surface area contributed by atoms with Crippen LogP contribution in [0, 0.1) is 3.57 Å². The summed E-state index contributed by atoms with van der Waals surface area (Å²) in [6, 6.07) is 10.3. The highest BCUT2D eigenvalue weighted by Crippen LogP contribution is 2.23. The standard InChI is InChI=1S/C20H20IN3O/c21-17-10-15(20(25)24-8-4-1-5-9-24)13-23-19(17)11-14-12-22-18-7-3-2-6-16(14)18/h2-3,6-7,10,12-13,22H,1,4-5,8-9,11H2. The summed E-state index contributed by atoms with van der Waals surface area (Å²) in [4.78, 5) is 22.5. The number of hydrogen-bond acceptors (Lipinski definition) is 2. The van der Waals surface area contributed by atoms with Crippen molar-refractivity contribution in [2.24, 2.45) is 0 Å². The minimum atomic E-state index is 0.115. The van der Waals surface area contributed by atoms with Gasteiger partial charge in [-0.25, -0.2) is 0 Å². The lowest BCUT2D eigenvalue weighted by atomic mass is 10.1. The summed E-state index contributed by atoms with van der Waals surface area (Å²) >= 11 is 2.30. The van der Waals surface area contributed by atoms with Crippen molar-refractivity contribution in [2.75, 3.05) is 13.1 Å². The van der Waals surface area contributed by atoms with Gasteiger partial charge in [0.05, 0.1) is 11.3 Å². The first kappa shape index (κ1) is 16.6. The van der Waals surface area contributed by atoms with Crippen molar-refractivity contribution in [2.45, 2.75) is 25.7 Å². The fourth-order valence-electron chi connectivity index (χ4n) is 3.45. The number of halogens is 1. The number of fused-ring (bicyclic) bond motifs is 1. The largest absolute Gasteiger partial charge is 0.361 e. The van der Waals surface area contributed by atoms with Gasteiger partial charge in [0.25, 0.3) is 5.91 Å². The minimum absolute atomic E-state index is 0.115. The zero-order valence-electron chi connectivity index (χ0n) is 14.0. The summed E-state index contributed by atoms with van der Waals surface area (Å²) in [5.74, 6) is 0.115. The van der Waals surface area contributed by atoms with E-state index in [4.69, 9.17) is 0 Å². The van der Waals surface area contributed by atoms with E-state index < -0.39 is 0 Å². The van der Waals surface area contributed by atoms with E-state index in [1.807, 2.05) is 17.0 Å². The van der Waals surface area contributed by atoms with E-state index in [0.29, 0.717) is 5.56 Å². The van der Waals surface area contributed by atoms with E-state index in [2.05, 4.69) is 57.0 Å². The lowest BCUT2D eigenvalue weighted by Gasteiger charge is -2.26. The normalized spacial score (nSPS) is 14.8. The van der Waals surface area contributed by atoms with E-state index in [9.17, 15) is 4.79 Å². The first-order valence-electron chi connectivity index (χ1n) is 8.71. The van der Waals surface area contributed by atoms with Crippen molar-refractivity contribution in [3.63, 3.8) is 0 Å². The molecule has 4 nitrogen and oxygen atoms in total. The number of aromatic nitrogens is 2. The third-order valence-electron chi connectivity index (χ3n) is 4.84. The van der Waals surface area contributed by atoms with Gasteiger partial charge >= 0.3 is 0 Å². The van der Waals surface area contributed by atoms with Crippen LogP contribution in [0.25, 0.3) is 10.9 Å². The van der Waals surface area contributed by atoms with Crippen molar-refractivity contribution in [1.82, 2.24) is 14.9 Å². The van der Waals surface area contributed by atoms with Crippen LogP contribution in [0.15, 0.2) is 42.7 Å². The average Bonchev–Trinajstić information content (AvgIpc) is 3.06. The third-order valence-corrected chi connectivity index (χ3v) is 5.77. The number of nitrogens with one attached hydrogen (secondary N) is 1. The molecule has 1 fully saturated rings. The number of benzene rings is 1. The van der Waals surface area contributed by atoms with Crippen molar-refractivity contribution in [3.05, 3.63) is 63.1 Å². The number of aromatic amines is 1. The van der Waals surface area contributed by atoms with E-state index in [-0.39, 0.29) is 5.91 Å². The summed E-state index contributed by atoms with van der Waals surface area (Å²) in [5, 5.41) is 1.23. The molecular formula is C20H20IN3O. The number of piperidine rings is 1. The molecule has 2 aromatic heterocycles. The van der Waals surface area contributed by atoms with Crippen molar-refractivity contribution in [3.8, 4) is 0 Å². The highest BCUT2D eigenvalue weighted by atomic mass is 127. The van der Waals surface area contributed by atoms with E-state index in [0.717, 1.165) is 47.1 Å². The zero-order valence-corrected chi connectivity index (χ0v) is 16.1. The number of carbonyl (C=O) groups excluding carboxylic acids is 1. The molecule has 3 aromatic rings. The number of para-hydroxylation sites is 1. The Kier molecular flexibility index (Phi) is 4.74. The maximum absolute atomic E-state index is 12.6. The van der Waals surface area contributed by atoms with Gasteiger partial charge in [-0.3, -0.25) is 9.78 Å². The number of H-pyrrole nitrogens is 1.